The summed E-state index contributed by atoms with van der Waals surface area (Å²) in [5.41, 5.74) is 3.00. The number of nitrogens with one attached hydrogen (secondary N) is 1. The molecule has 0 amide bonds. The van der Waals surface area contributed by atoms with E-state index >= 15 is 0 Å². The minimum Gasteiger partial charge on any atom is -0.309 e. The molecule has 0 spiro atoms. The van der Waals surface area contributed by atoms with E-state index in [2.05, 4.69) is 35.5 Å². The largest absolute Gasteiger partial charge is 0.309 e. The molecule has 0 saturated carbocycles. The summed E-state index contributed by atoms with van der Waals surface area (Å²) in [5, 5.41) is 3.58. The van der Waals surface area contributed by atoms with Crippen LogP contribution in [0, 0.1) is 12.3 Å². The van der Waals surface area contributed by atoms with Crippen LogP contribution in [0.4, 0.5) is 0 Å². The Bertz CT molecular complexity index is 375. The fraction of sp³-hybridized carbons (Fsp3) is 0.467. The third-order valence-electron chi connectivity index (χ3n) is 3.28. The first-order chi connectivity index (χ1) is 7.92. The van der Waals surface area contributed by atoms with Gasteiger partial charge in [-0.25, -0.2) is 0 Å². The van der Waals surface area contributed by atoms with Crippen LogP contribution in [0.25, 0.3) is 0 Å². The summed E-state index contributed by atoms with van der Waals surface area (Å²) in [5.74, 6) is 2.68. The van der Waals surface area contributed by atoms with Crippen LogP contribution in [0.2, 0.25) is 0 Å². The van der Waals surface area contributed by atoms with Gasteiger partial charge in [0.2, 0.25) is 0 Å². The lowest BCUT2D eigenvalue weighted by Gasteiger charge is -2.18. The average Bonchev–Trinajstić information content (AvgIpc) is 2.52. The van der Waals surface area contributed by atoms with Gasteiger partial charge in [-0.3, -0.25) is 0 Å². The van der Waals surface area contributed by atoms with Crippen LogP contribution in [0.15, 0.2) is 24.3 Å². The second-order valence-electron chi connectivity index (χ2n) is 4.41. The summed E-state index contributed by atoms with van der Waals surface area (Å²) >= 11 is 0. The van der Waals surface area contributed by atoms with Crippen LogP contribution in [-0.4, -0.2) is 6.54 Å². The maximum absolute atomic E-state index is 5.28. The molecule has 1 nitrogen and oxygen atoms in total. The second-order valence-corrected chi connectivity index (χ2v) is 4.41. The van der Waals surface area contributed by atoms with Gasteiger partial charge in [0.1, 0.15) is 0 Å². The highest BCUT2D eigenvalue weighted by atomic mass is 14.9. The molecule has 1 aromatic carbocycles. The number of terminal acetylenes is 1. The molecule has 0 saturated heterocycles. The molecule has 1 aliphatic carbocycles. The lowest BCUT2D eigenvalue weighted by Crippen LogP contribution is -2.22. The molecule has 0 heterocycles. The highest BCUT2D eigenvalue weighted by molar-refractivity contribution is 5.31. The Hall–Kier alpha value is -1.26. The second kappa shape index (κ2) is 5.72. The van der Waals surface area contributed by atoms with Gasteiger partial charge < -0.3 is 5.32 Å². The van der Waals surface area contributed by atoms with Gasteiger partial charge in [-0.2, -0.15) is 0 Å². The van der Waals surface area contributed by atoms with E-state index in [9.17, 15) is 0 Å². The first-order valence-electron chi connectivity index (χ1n) is 6.16. The molecule has 16 heavy (non-hydrogen) atoms. The maximum atomic E-state index is 5.28. The van der Waals surface area contributed by atoms with Crippen molar-refractivity contribution in [3.63, 3.8) is 0 Å². The van der Waals surface area contributed by atoms with Gasteiger partial charge in [0.15, 0.2) is 0 Å². The van der Waals surface area contributed by atoms with Crippen molar-refractivity contribution in [1.29, 1.82) is 0 Å². The molecule has 0 aromatic heterocycles. The van der Waals surface area contributed by atoms with Gasteiger partial charge >= 0.3 is 0 Å². The topological polar surface area (TPSA) is 12.0 Å². The zero-order valence-electron chi connectivity index (χ0n) is 9.71. The smallest absolute Gasteiger partial charge is 0.0323 e. The van der Waals surface area contributed by atoms with Crippen molar-refractivity contribution in [3.05, 3.63) is 35.4 Å². The summed E-state index contributed by atoms with van der Waals surface area (Å²) in [6.07, 6.45) is 11.2. The molecule has 1 aliphatic rings. The number of benzene rings is 1. The van der Waals surface area contributed by atoms with Gasteiger partial charge in [0.25, 0.3) is 0 Å². The lowest BCUT2D eigenvalue weighted by atomic mass is 9.99. The molecule has 1 aromatic rings. The first kappa shape index (κ1) is 11.2. The Morgan fingerprint density at radius 1 is 1.31 bits per heavy atom. The van der Waals surface area contributed by atoms with Gasteiger partial charge in [-0.05, 0) is 30.4 Å². The average molecular weight is 213 g/mol. The molecule has 84 valence electrons. The summed E-state index contributed by atoms with van der Waals surface area (Å²) in [4.78, 5) is 0. The number of hydrogen-bond donors (Lipinski definition) is 1. The van der Waals surface area contributed by atoms with Crippen molar-refractivity contribution in [2.24, 2.45) is 0 Å². The number of aryl methyl sites for hydroxylation is 1. The molecule has 2 rings (SSSR count). The summed E-state index contributed by atoms with van der Waals surface area (Å²) in [7, 11) is 0. The molecule has 1 unspecified atom stereocenters. The first-order valence-corrected chi connectivity index (χ1v) is 6.16. The van der Waals surface area contributed by atoms with Crippen LogP contribution in [0.3, 0.4) is 0 Å². The van der Waals surface area contributed by atoms with Gasteiger partial charge in [-0.15, -0.1) is 12.3 Å². The van der Waals surface area contributed by atoms with E-state index in [1.807, 2.05) is 0 Å². The highest BCUT2D eigenvalue weighted by Gasteiger charge is 2.16. The fourth-order valence-corrected chi connectivity index (χ4v) is 2.45. The maximum Gasteiger partial charge on any atom is 0.0323 e. The molecule has 1 atom stereocenters. The normalized spacial score (nSPS) is 19.6. The highest BCUT2D eigenvalue weighted by Crippen LogP contribution is 2.28. The molecular weight excluding hydrogens is 194 g/mol. The molecule has 0 bridgehead atoms. The summed E-state index contributed by atoms with van der Waals surface area (Å²) < 4.78 is 0. The number of rotatable bonds is 3. The Kier molecular flexibility index (Phi) is 4.02. The van der Waals surface area contributed by atoms with Crippen molar-refractivity contribution in [3.8, 4) is 12.3 Å². The van der Waals surface area contributed by atoms with Crippen molar-refractivity contribution in [2.75, 3.05) is 6.54 Å². The van der Waals surface area contributed by atoms with Crippen LogP contribution in [0.1, 0.15) is 42.9 Å². The standard InChI is InChI=1S/C15H19N/c1-2-3-12-16-15-11-7-5-9-13-8-4-6-10-14(13)15/h1,4,6,8,10,15-16H,3,5,7,9,11-12H2. The van der Waals surface area contributed by atoms with Crippen molar-refractivity contribution in [1.82, 2.24) is 5.32 Å². The van der Waals surface area contributed by atoms with E-state index in [1.54, 1.807) is 0 Å². The van der Waals surface area contributed by atoms with E-state index in [0.29, 0.717) is 6.04 Å². The number of fused-ring (bicyclic) bond motifs is 1. The van der Waals surface area contributed by atoms with E-state index in [4.69, 9.17) is 6.42 Å². The van der Waals surface area contributed by atoms with E-state index in [1.165, 1.54) is 36.8 Å². The SMILES string of the molecule is C#CCCNC1CCCCc2ccccc21. The van der Waals surface area contributed by atoms with Crippen LogP contribution in [0.5, 0.6) is 0 Å². The Balaban J connectivity index is 2.10. The molecular formula is C15H19N. The van der Waals surface area contributed by atoms with Gasteiger partial charge in [0.05, 0.1) is 0 Å². The molecule has 1 heteroatoms. The zero-order valence-corrected chi connectivity index (χ0v) is 9.71. The number of hydrogen-bond acceptors (Lipinski definition) is 1. The minimum atomic E-state index is 0.507. The molecule has 0 aliphatic heterocycles. The zero-order chi connectivity index (χ0) is 11.2. The van der Waals surface area contributed by atoms with Crippen molar-refractivity contribution < 1.29 is 0 Å². The summed E-state index contributed by atoms with van der Waals surface area (Å²) in [6, 6.07) is 9.31. The van der Waals surface area contributed by atoms with Gasteiger partial charge in [0, 0.05) is 19.0 Å². The van der Waals surface area contributed by atoms with Crippen LogP contribution >= 0.6 is 0 Å². The van der Waals surface area contributed by atoms with Crippen LogP contribution < -0.4 is 5.32 Å². The third kappa shape index (κ3) is 2.65. The quantitative estimate of drug-likeness (QED) is 0.462. The predicted molar refractivity (Wildman–Crippen MR) is 68.2 cm³/mol. The minimum absolute atomic E-state index is 0.507. The van der Waals surface area contributed by atoms with E-state index < -0.39 is 0 Å². The predicted octanol–water partition coefficient (Wildman–Crippen LogP) is 3.07. The van der Waals surface area contributed by atoms with Crippen LogP contribution in [-0.2, 0) is 6.42 Å². The molecule has 1 N–H and O–H groups in total. The van der Waals surface area contributed by atoms with E-state index in [-0.39, 0.29) is 0 Å². The lowest BCUT2D eigenvalue weighted by molar-refractivity contribution is 0.496. The van der Waals surface area contributed by atoms with E-state index in [0.717, 1.165) is 13.0 Å². The fourth-order valence-electron chi connectivity index (χ4n) is 2.45. The van der Waals surface area contributed by atoms with Crippen molar-refractivity contribution in [2.45, 2.75) is 38.1 Å². The summed E-state index contributed by atoms with van der Waals surface area (Å²) in [6.45, 7) is 0.926. The Morgan fingerprint density at radius 2 is 2.19 bits per heavy atom. The van der Waals surface area contributed by atoms with Crippen molar-refractivity contribution >= 4 is 0 Å². The Morgan fingerprint density at radius 3 is 3.06 bits per heavy atom. The monoisotopic (exact) mass is 213 g/mol. The third-order valence-corrected chi connectivity index (χ3v) is 3.28. The Labute approximate surface area is 98.3 Å². The van der Waals surface area contributed by atoms with Gasteiger partial charge in [-0.1, -0.05) is 30.7 Å². The molecule has 0 radical (unpaired) electrons. The molecule has 0 fully saturated rings.